The molecule has 0 unspecified atom stereocenters. The van der Waals surface area contributed by atoms with Crippen molar-refractivity contribution in [2.45, 2.75) is 26.2 Å². The Balaban J connectivity index is 3.29. The first kappa shape index (κ1) is 9.01. The zero-order chi connectivity index (χ0) is 7.98. The molecule has 0 aliphatic heterocycles. The highest BCUT2D eigenvalue weighted by atomic mass is 16.3. The summed E-state index contributed by atoms with van der Waals surface area (Å²) in [5.41, 5.74) is 4.88. The lowest BCUT2D eigenvalue weighted by Gasteiger charge is -1.95. The van der Waals surface area contributed by atoms with Crippen molar-refractivity contribution in [1.82, 2.24) is 0 Å². The first-order chi connectivity index (χ1) is 4.66. The molecule has 1 amide bonds. The van der Waals surface area contributed by atoms with Gasteiger partial charge in [-0.25, -0.2) is 0 Å². The molecule has 0 spiro atoms. The average molecular weight is 143 g/mol. The van der Waals surface area contributed by atoms with Gasteiger partial charge in [-0.2, -0.15) is 0 Å². The van der Waals surface area contributed by atoms with Gasteiger partial charge in [-0.3, -0.25) is 4.79 Å². The van der Waals surface area contributed by atoms with E-state index in [2.05, 4.69) is 0 Å². The molecule has 0 rings (SSSR count). The Morgan fingerprint density at radius 1 is 1.60 bits per heavy atom. The minimum absolute atomic E-state index is 0.316. The Hall–Kier alpha value is -0.990. The molecule has 0 saturated heterocycles. The molecule has 3 N–H and O–H groups in total. The van der Waals surface area contributed by atoms with Crippen molar-refractivity contribution in [2.24, 2.45) is 5.73 Å². The third-order valence-electron chi connectivity index (χ3n) is 1.19. The lowest BCUT2D eigenvalue weighted by atomic mass is 10.2. The van der Waals surface area contributed by atoms with Crippen molar-refractivity contribution in [2.75, 3.05) is 0 Å². The monoisotopic (exact) mass is 143 g/mol. The van der Waals surface area contributed by atoms with E-state index in [-0.39, 0.29) is 5.91 Å². The fourth-order valence-corrected chi connectivity index (χ4v) is 0.588. The molecule has 0 aromatic heterocycles. The lowest BCUT2D eigenvalue weighted by Crippen LogP contribution is -2.09. The third-order valence-corrected chi connectivity index (χ3v) is 1.19. The fraction of sp³-hybridized carbons (Fsp3) is 0.571. The van der Waals surface area contributed by atoms with Crippen LogP contribution in [0.3, 0.4) is 0 Å². The molecule has 10 heavy (non-hydrogen) atoms. The van der Waals surface area contributed by atoms with Crippen molar-refractivity contribution in [3.63, 3.8) is 0 Å². The van der Waals surface area contributed by atoms with E-state index in [0.717, 1.165) is 0 Å². The van der Waals surface area contributed by atoms with Crippen LogP contribution < -0.4 is 5.73 Å². The van der Waals surface area contributed by atoms with Crippen molar-refractivity contribution >= 4 is 5.91 Å². The Morgan fingerprint density at radius 2 is 2.20 bits per heavy atom. The van der Waals surface area contributed by atoms with Crippen molar-refractivity contribution < 1.29 is 9.90 Å². The molecule has 58 valence electrons. The van der Waals surface area contributed by atoms with E-state index in [1.807, 2.05) is 0 Å². The van der Waals surface area contributed by atoms with Crippen molar-refractivity contribution in [3.05, 3.63) is 11.8 Å². The van der Waals surface area contributed by atoms with Crippen LogP contribution in [-0.2, 0) is 4.79 Å². The summed E-state index contributed by atoms with van der Waals surface area (Å²) in [6, 6.07) is 0. The number of hydrogen-bond acceptors (Lipinski definition) is 2. The van der Waals surface area contributed by atoms with Gasteiger partial charge in [0.25, 0.3) is 0 Å². The standard InChI is InChI=1S/C7H13NO2/c1-2-6(9)4-3-5-7(8)10/h2,9H,3-5H2,1H3,(H2,8,10)/b6-2+. The summed E-state index contributed by atoms with van der Waals surface area (Å²) in [6.07, 6.45) is 3.13. The van der Waals surface area contributed by atoms with E-state index >= 15 is 0 Å². The van der Waals surface area contributed by atoms with Crippen LogP contribution in [0.15, 0.2) is 11.8 Å². The summed E-state index contributed by atoms with van der Waals surface area (Å²) in [5, 5.41) is 8.88. The van der Waals surface area contributed by atoms with Gasteiger partial charge in [0.1, 0.15) is 0 Å². The molecule has 0 atom stereocenters. The quantitative estimate of drug-likeness (QED) is 0.579. The number of nitrogens with two attached hydrogens (primary N) is 1. The molecule has 0 heterocycles. The van der Waals surface area contributed by atoms with E-state index in [1.165, 1.54) is 0 Å². The highest BCUT2D eigenvalue weighted by molar-refractivity contribution is 5.73. The van der Waals surface area contributed by atoms with Crippen LogP contribution in [0.25, 0.3) is 0 Å². The summed E-state index contributed by atoms with van der Waals surface area (Å²) in [4.78, 5) is 10.2. The Labute approximate surface area is 60.5 Å². The van der Waals surface area contributed by atoms with Gasteiger partial charge in [-0.1, -0.05) is 0 Å². The number of allylic oxidation sites excluding steroid dienone is 2. The maximum absolute atomic E-state index is 10.2. The van der Waals surface area contributed by atoms with Gasteiger partial charge in [0, 0.05) is 12.8 Å². The van der Waals surface area contributed by atoms with Crippen LogP contribution in [0.4, 0.5) is 0 Å². The number of carbonyl (C=O) groups is 1. The Kier molecular flexibility index (Phi) is 4.37. The molecule has 0 aromatic carbocycles. The van der Waals surface area contributed by atoms with Gasteiger partial charge in [-0.05, 0) is 19.4 Å². The summed E-state index contributed by atoms with van der Waals surface area (Å²) in [5.74, 6) is 0.00477. The van der Waals surface area contributed by atoms with E-state index < -0.39 is 0 Å². The largest absolute Gasteiger partial charge is 0.513 e. The molecule has 0 aliphatic carbocycles. The molecule has 0 saturated carbocycles. The number of amides is 1. The topological polar surface area (TPSA) is 63.3 Å². The second-order valence-electron chi connectivity index (χ2n) is 2.10. The molecule has 3 nitrogen and oxygen atoms in total. The zero-order valence-corrected chi connectivity index (χ0v) is 6.13. The van der Waals surface area contributed by atoms with Gasteiger partial charge < -0.3 is 10.8 Å². The van der Waals surface area contributed by atoms with Gasteiger partial charge in [0.2, 0.25) is 5.91 Å². The summed E-state index contributed by atoms with van der Waals surface area (Å²) < 4.78 is 0. The smallest absolute Gasteiger partial charge is 0.217 e. The highest BCUT2D eigenvalue weighted by Gasteiger charge is 1.95. The predicted octanol–water partition coefficient (Wildman–Crippen LogP) is 1.10. The van der Waals surface area contributed by atoms with Crippen LogP contribution in [0.2, 0.25) is 0 Å². The average Bonchev–Trinajstić information content (AvgIpc) is 1.87. The summed E-state index contributed by atoms with van der Waals surface area (Å²) in [6.45, 7) is 1.75. The van der Waals surface area contributed by atoms with Gasteiger partial charge >= 0.3 is 0 Å². The van der Waals surface area contributed by atoms with Crippen LogP contribution in [-0.4, -0.2) is 11.0 Å². The van der Waals surface area contributed by atoms with E-state index in [0.29, 0.717) is 25.0 Å². The highest BCUT2D eigenvalue weighted by Crippen LogP contribution is 2.02. The molecule has 0 radical (unpaired) electrons. The molecular formula is C7H13NO2. The predicted molar refractivity (Wildman–Crippen MR) is 39.4 cm³/mol. The number of primary amides is 1. The summed E-state index contributed by atoms with van der Waals surface area (Å²) in [7, 11) is 0. The molecule has 0 aliphatic rings. The molecule has 3 heteroatoms. The minimum Gasteiger partial charge on any atom is -0.513 e. The maximum Gasteiger partial charge on any atom is 0.217 e. The summed E-state index contributed by atoms with van der Waals surface area (Å²) >= 11 is 0. The number of aliphatic hydroxyl groups is 1. The van der Waals surface area contributed by atoms with Crippen LogP contribution >= 0.6 is 0 Å². The number of carbonyl (C=O) groups excluding carboxylic acids is 1. The molecule has 0 bridgehead atoms. The van der Waals surface area contributed by atoms with E-state index in [4.69, 9.17) is 10.8 Å². The number of aliphatic hydroxyl groups excluding tert-OH is 1. The van der Waals surface area contributed by atoms with Gasteiger partial charge in [0.05, 0.1) is 5.76 Å². The van der Waals surface area contributed by atoms with Gasteiger partial charge in [-0.15, -0.1) is 0 Å². The van der Waals surface area contributed by atoms with E-state index in [1.54, 1.807) is 13.0 Å². The first-order valence-electron chi connectivity index (χ1n) is 3.29. The van der Waals surface area contributed by atoms with Crippen LogP contribution in [0, 0.1) is 0 Å². The second kappa shape index (κ2) is 4.85. The van der Waals surface area contributed by atoms with E-state index in [9.17, 15) is 4.79 Å². The molecule has 0 aromatic rings. The second-order valence-corrected chi connectivity index (χ2v) is 2.10. The molecule has 0 fully saturated rings. The third kappa shape index (κ3) is 5.15. The van der Waals surface area contributed by atoms with Crippen molar-refractivity contribution in [3.8, 4) is 0 Å². The molecular weight excluding hydrogens is 130 g/mol. The van der Waals surface area contributed by atoms with Crippen LogP contribution in [0.5, 0.6) is 0 Å². The number of hydrogen-bond donors (Lipinski definition) is 2. The minimum atomic E-state index is -0.316. The van der Waals surface area contributed by atoms with Crippen molar-refractivity contribution in [1.29, 1.82) is 0 Å². The first-order valence-corrected chi connectivity index (χ1v) is 3.29. The zero-order valence-electron chi connectivity index (χ0n) is 6.13. The lowest BCUT2D eigenvalue weighted by molar-refractivity contribution is -0.118. The normalized spacial score (nSPS) is 11.5. The Bertz CT molecular complexity index is 141. The maximum atomic E-state index is 10.2. The van der Waals surface area contributed by atoms with Gasteiger partial charge in [0.15, 0.2) is 0 Å². The van der Waals surface area contributed by atoms with Crippen LogP contribution in [0.1, 0.15) is 26.2 Å². The Morgan fingerprint density at radius 3 is 2.60 bits per heavy atom. The SMILES string of the molecule is C/C=C(/O)CCCC(N)=O. The number of rotatable bonds is 4. The fourth-order valence-electron chi connectivity index (χ4n) is 0.588.